The quantitative estimate of drug-likeness (QED) is 0.523. The maximum atomic E-state index is 11.2. The second kappa shape index (κ2) is 7.64. The van der Waals surface area contributed by atoms with Gasteiger partial charge in [-0.25, -0.2) is 4.98 Å². The van der Waals surface area contributed by atoms with Crippen LogP contribution >= 0.6 is 35.8 Å². The fourth-order valence-electron chi connectivity index (χ4n) is 1.73. The van der Waals surface area contributed by atoms with E-state index in [1.165, 1.54) is 11.8 Å². The summed E-state index contributed by atoms with van der Waals surface area (Å²) in [5.74, 6) is 0. The van der Waals surface area contributed by atoms with Gasteiger partial charge in [0.2, 0.25) is 0 Å². The van der Waals surface area contributed by atoms with Gasteiger partial charge in [0.15, 0.2) is 6.29 Å². The molecule has 0 amide bonds. The molecule has 0 bridgehead atoms. The summed E-state index contributed by atoms with van der Waals surface area (Å²) >= 11 is 7.47. The number of aldehydes is 1. The molecule has 106 valence electrons. The molecule has 2 aromatic rings. The van der Waals surface area contributed by atoms with Crippen LogP contribution in [-0.2, 0) is 0 Å². The molecule has 0 fully saturated rings. The van der Waals surface area contributed by atoms with Crippen molar-refractivity contribution in [3.8, 4) is 11.1 Å². The molecule has 0 saturated carbocycles. The summed E-state index contributed by atoms with van der Waals surface area (Å²) in [6.45, 7) is 1.89. The van der Waals surface area contributed by atoms with E-state index in [4.69, 9.17) is 17.3 Å². The molecule has 0 radical (unpaired) electrons. The first-order chi connectivity index (χ1) is 9.11. The van der Waals surface area contributed by atoms with Crippen molar-refractivity contribution < 1.29 is 4.79 Å². The molecule has 3 nitrogen and oxygen atoms in total. The molecular weight excluding hydrogens is 315 g/mol. The van der Waals surface area contributed by atoms with Crippen molar-refractivity contribution in [3.63, 3.8) is 0 Å². The number of benzene rings is 1. The second-order valence-corrected chi connectivity index (χ2v) is 5.83. The number of thioether (sulfide) groups is 1. The van der Waals surface area contributed by atoms with E-state index in [0.717, 1.165) is 22.4 Å². The Balaban J connectivity index is 0.00000200. The van der Waals surface area contributed by atoms with Crippen LogP contribution in [0.25, 0.3) is 11.1 Å². The van der Waals surface area contributed by atoms with E-state index in [1.54, 1.807) is 24.4 Å². The minimum absolute atomic E-state index is 0. The molecule has 0 spiro atoms. The van der Waals surface area contributed by atoms with Gasteiger partial charge in [-0.3, -0.25) is 4.79 Å². The van der Waals surface area contributed by atoms with Crippen LogP contribution in [0, 0.1) is 0 Å². The molecule has 1 heterocycles. The molecule has 1 aromatic carbocycles. The Morgan fingerprint density at radius 1 is 1.35 bits per heavy atom. The number of halogens is 2. The largest absolute Gasteiger partial charge is 0.319 e. The van der Waals surface area contributed by atoms with E-state index in [9.17, 15) is 4.79 Å². The van der Waals surface area contributed by atoms with Gasteiger partial charge in [-0.05, 0) is 36.8 Å². The summed E-state index contributed by atoms with van der Waals surface area (Å²) in [4.78, 5) is 15.5. The third-order valence-electron chi connectivity index (χ3n) is 2.50. The fraction of sp³-hybridized carbons (Fsp3) is 0.143. The van der Waals surface area contributed by atoms with Crippen LogP contribution in [0.4, 0.5) is 0 Å². The van der Waals surface area contributed by atoms with E-state index in [1.807, 2.05) is 19.1 Å². The fourth-order valence-corrected chi connectivity index (χ4v) is 2.68. The number of rotatable bonds is 4. The summed E-state index contributed by atoms with van der Waals surface area (Å²) in [5, 5.41) is 1.30. The SMILES string of the molecule is CC(N)Sc1ncccc1-c1cc(Cl)ccc1C=O.Cl. The van der Waals surface area contributed by atoms with Crippen LogP contribution in [0.1, 0.15) is 17.3 Å². The Morgan fingerprint density at radius 2 is 2.10 bits per heavy atom. The topological polar surface area (TPSA) is 56.0 Å². The highest BCUT2D eigenvalue weighted by molar-refractivity contribution is 7.99. The second-order valence-electron chi connectivity index (χ2n) is 4.03. The molecule has 6 heteroatoms. The molecule has 1 atom stereocenters. The van der Waals surface area contributed by atoms with Gasteiger partial charge in [-0.1, -0.05) is 29.4 Å². The molecule has 2 N–H and O–H groups in total. The third-order valence-corrected chi connectivity index (χ3v) is 3.66. The molecule has 0 aliphatic rings. The number of nitrogens with zero attached hydrogens (tertiary/aromatic N) is 1. The monoisotopic (exact) mass is 328 g/mol. The van der Waals surface area contributed by atoms with Gasteiger partial charge in [0.1, 0.15) is 5.03 Å². The maximum Gasteiger partial charge on any atom is 0.150 e. The molecule has 0 aliphatic heterocycles. The molecule has 1 aromatic heterocycles. The van der Waals surface area contributed by atoms with Crippen LogP contribution in [-0.4, -0.2) is 16.6 Å². The average Bonchev–Trinajstić information content (AvgIpc) is 2.38. The van der Waals surface area contributed by atoms with Crippen molar-refractivity contribution in [1.82, 2.24) is 4.98 Å². The van der Waals surface area contributed by atoms with Crippen molar-refractivity contribution in [2.24, 2.45) is 5.73 Å². The van der Waals surface area contributed by atoms with E-state index in [0.29, 0.717) is 10.6 Å². The number of carbonyl (C=O) groups excluding carboxylic acids is 1. The van der Waals surface area contributed by atoms with Crippen LogP contribution in [0.15, 0.2) is 41.6 Å². The zero-order valence-electron chi connectivity index (χ0n) is 10.7. The molecular formula is C14H14Cl2N2OS. The Morgan fingerprint density at radius 3 is 2.75 bits per heavy atom. The van der Waals surface area contributed by atoms with Gasteiger partial charge in [0, 0.05) is 22.3 Å². The number of carbonyl (C=O) groups is 1. The van der Waals surface area contributed by atoms with E-state index in [-0.39, 0.29) is 17.8 Å². The van der Waals surface area contributed by atoms with E-state index < -0.39 is 0 Å². The Hall–Kier alpha value is -1.07. The summed E-state index contributed by atoms with van der Waals surface area (Å²) in [6, 6.07) is 8.92. The van der Waals surface area contributed by atoms with Gasteiger partial charge < -0.3 is 5.73 Å². The van der Waals surface area contributed by atoms with Crippen LogP contribution in [0.3, 0.4) is 0 Å². The zero-order valence-corrected chi connectivity index (χ0v) is 13.1. The zero-order chi connectivity index (χ0) is 13.8. The Bertz CT molecular complexity index is 605. The minimum atomic E-state index is -0.0764. The lowest BCUT2D eigenvalue weighted by atomic mass is 10.0. The smallest absolute Gasteiger partial charge is 0.150 e. The lowest BCUT2D eigenvalue weighted by Gasteiger charge is -2.12. The van der Waals surface area contributed by atoms with Gasteiger partial charge in [0.25, 0.3) is 0 Å². The van der Waals surface area contributed by atoms with E-state index in [2.05, 4.69) is 4.98 Å². The molecule has 0 saturated heterocycles. The normalized spacial score (nSPS) is 11.6. The van der Waals surface area contributed by atoms with Crippen molar-refractivity contribution >= 4 is 42.1 Å². The van der Waals surface area contributed by atoms with Crippen molar-refractivity contribution in [2.45, 2.75) is 17.3 Å². The Labute approximate surface area is 133 Å². The lowest BCUT2D eigenvalue weighted by Crippen LogP contribution is -2.09. The van der Waals surface area contributed by atoms with Gasteiger partial charge in [-0.15, -0.1) is 12.4 Å². The first-order valence-electron chi connectivity index (χ1n) is 5.74. The third kappa shape index (κ3) is 3.96. The van der Waals surface area contributed by atoms with Crippen LogP contribution in [0.2, 0.25) is 5.02 Å². The molecule has 1 unspecified atom stereocenters. The van der Waals surface area contributed by atoms with Crippen LogP contribution < -0.4 is 5.73 Å². The summed E-state index contributed by atoms with van der Waals surface area (Å²) in [5.41, 5.74) is 8.03. The molecule has 0 aliphatic carbocycles. The van der Waals surface area contributed by atoms with Crippen molar-refractivity contribution in [1.29, 1.82) is 0 Å². The van der Waals surface area contributed by atoms with E-state index >= 15 is 0 Å². The van der Waals surface area contributed by atoms with Crippen molar-refractivity contribution in [2.75, 3.05) is 0 Å². The summed E-state index contributed by atoms with van der Waals surface area (Å²) in [6.07, 6.45) is 2.53. The summed E-state index contributed by atoms with van der Waals surface area (Å²) < 4.78 is 0. The highest BCUT2D eigenvalue weighted by atomic mass is 35.5. The maximum absolute atomic E-state index is 11.2. The number of pyridine rings is 1. The first-order valence-corrected chi connectivity index (χ1v) is 7.00. The number of hydrogen-bond donors (Lipinski definition) is 1. The number of hydrogen-bond acceptors (Lipinski definition) is 4. The van der Waals surface area contributed by atoms with Crippen molar-refractivity contribution in [3.05, 3.63) is 47.1 Å². The molecule has 20 heavy (non-hydrogen) atoms. The molecule has 2 rings (SSSR count). The van der Waals surface area contributed by atoms with Gasteiger partial charge in [0.05, 0.1) is 5.37 Å². The number of aromatic nitrogens is 1. The predicted molar refractivity (Wildman–Crippen MR) is 86.8 cm³/mol. The van der Waals surface area contributed by atoms with Gasteiger partial charge in [-0.2, -0.15) is 0 Å². The minimum Gasteiger partial charge on any atom is -0.319 e. The van der Waals surface area contributed by atoms with Crippen LogP contribution in [0.5, 0.6) is 0 Å². The average molecular weight is 329 g/mol. The standard InChI is InChI=1S/C14H13ClN2OS.ClH/c1-9(16)19-14-12(3-2-6-17-14)13-7-11(15)5-4-10(13)8-18;/h2-9H,16H2,1H3;1H. The number of nitrogens with two attached hydrogens (primary N) is 1. The lowest BCUT2D eigenvalue weighted by molar-refractivity contribution is 0.112. The highest BCUT2D eigenvalue weighted by Crippen LogP contribution is 2.33. The first kappa shape index (κ1) is 17.0. The predicted octanol–water partition coefficient (Wildman–Crippen LogP) is 4.03. The Kier molecular flexibility index (Phi) is 6.49. The van der Waals surface area contributed by atoms with Gasteiger partial charge >= 0.3 is 0 Å². The highest BCUT2D eigenvalue weighted by Gasteiger charge is 2.12. The summed E-state index contributed by atoms with van der Waals surface area (Å²) in [7, 11) is 0.